The molecule has 0 saturated carbocycles. The number of carboxylic acids is 1. The Morgan fingerprint density at radius 2 is 2.20 bits per heavy atom. The van der Waals surface area contributed by atoms with E-state index in [0.717, 1.165) is 5.56 Å². The van der Waals surface area contributed by atoms with Crippen molar-refractivity contribution < 1.29 is 24.0 Å². The maximum atomic E-state index is 12.4. The van der Waals surface area contributed by atoms with Crippen LogP contribution in [0.3, 0.4) is 0 Å². The third-order valence-electron chi connectivity index (χ3n) is 3.47. The van der Waals surface area contributed by atoms with Crippen molar-refractivity contribution in [3.8, 4) is 0 Å². The highest BCUT2D eigenvalue weighted by Gasteiger charge is 2.30. The fourth-order valence-corrected chi connectivity index (χ4v) is 2.36. The minimum atomic E-state index is -0.935. The van der Waals surface area contributed by atoms with Crippen molar-refractivity contribution in [2.45, 2.75) is 32.7 Å². The van der Waals surface area contributed by atoms with Gasteiger partial charge < -0.3 is 19.3 Å². The monoisotopic (exact) mass is 282 g/mol. The molecule has 1 fully saturated rings. The van der Waals surface area contributed by atoms with Crippen LogP contribution in [0.25, 0.3) is 0 Å². The van der Waals surface area contributed by atoms with Crippen molar-refractivity contribution in [1.82, 2.24) is 10.1 Å². The van der Waals surface area contributed by atoms with Crippen LogP contribution in [-0.4, -0.2) is 52.8 Å². The lowest BCUT2D eigenvalue weighted by Crippen LogP contribution is -2.50. The van der Waals surface area contributed by atoms with E-state index in [9.17, 15) is 9.59 Å². The van der Waals surface area contributed by atoms with Crippen molar-refractivity contribution in [1.29, 1.82) is 0 Å². The first kappa shape index (κ1) is 14.5. The first-order chi connectivity index (χ1) is 9.49. The standard InChI is InChI=1S/C13H18N2O5/c1-8-11(9(2)20-14-8)6-12(16)15-3-4-19-7-10(15)5-13(17)18/h10H,3-7H2,1-2H3,(H,17,18). The minimum Gasteiger partial charge on any atom is -0.481 e. The van der Waals surface area contributed by atoms with E-state index in [0.29, 0.717) is 24.6 Å². The Morgan fingerprint density at radius 1 is 1.45 bits per heavy atom. The summed E-state index contributed by atoms with van der Waals surface area (Å²) in [6.07, 6.45) is 0.0740. The fourth-order valence-electron chi connectivity index (χ4n) is 2.36. The number of carbonyl (C=O) groups excluding carboxylic acids is 1. The third kappa shape index (κ3) is 3.16. The fraction of sp³-hybridized carbons (Fsp3) is 0.615. The molecule has 1 aliphatic heterocycles. The van der Waals surface area contributed by atoms with Gasteiger partial charge >= 0.3 is 5.97 Å². The number of amides is 1. The summed E-state index contributed by atoms with van der Waals surface area (Å²) in [4.78, 5) is 24.8. The molecule has 7 heteroatoms. The molecule has 0 bridgehead atoms. The molecule has 0 aliphatic carbocycles. The number of carbonyl (C=O) groups is 2. The predicted molar refractivity (Wildman–Crippen MR) is 68.3 cm³/mol. The second-order valence-electron chi connectivity index (χ2n) is 4.89. The molecule has 1 unspecified atom stereocenters. The molecule has 110 valence electrons. The lowest BCUT2D eigenvalue weighted by Gasteiger charge is -2.34. The van der Waals surface area contributed by atoms with Crippen LogP contribution in [-0.2, 0) is 20.7 Å². The van der Waals surface area contributed by atoms with Crippen molar-refractivity contribution in [3.63, 3.8) is 0 Å². The number of rotatable bonds is 4. The van der Waals surface area contributed by atoms with Gasteiger partial charge in [0.1, 0.15) is 5.76 Å². The summed E-state index contributed by atoms with van der Waals surface area (Å²) in [5.74, 6) is -0.427. The van der Waals surface area contributed by atoms with Crippen LogP contribution in [0.5, 0.6) is 0 Å². The molecule has 1 amide bonds. The van der Waals surface area contributed by atoms with Crippen LogP contribution in [0, 0.1) is 13.8 Å². The minimum absolute atomic E-state index is 0.104. The molecule has 2 rings (SSSR count). The van der Waals surface area contributed by atoms with Crippen LogP contribution in [0.1, 0.15) is 23.4 Å². The number of nitrogens with zero attached hydrogens (tertiary/aromatic N) is 2. The van der Waals surface area contributed by atoms with Gasteiger partial charge in [-0.2, -0.15) is 0 Å². The Bertz CT molecular complexity index is 491. The zero-order valence-corrected chi connectivity index (χ0v) is 11.6. The molecule has 1 aliphatic rings. The van der Waals surface area contributed by atoms with Crippen LogP contribution >= 0.6 is 0 Å². The molecular formula is C13H18N2O5. The van der Waals surface area contributed by atoms with E-state index in [2.05, 4.69) is 5.16 Å². The molecule has 1 aromatic heterocycles. The summed E-state index contributed by atoms with van der Waals surface area (Å²) in [6, 6.07) is -0.408. The van der Waals surface area contributed by atoms with Gasteiger partial charge in [0, 0.05) is 12.1 Å². The van der Waals surface area contributed by atoms with Crippen molar-refractivity contribution in [2.24, 2.45) is 0 Å². The van der Waals surface area contributed by atoms with Gasteiger partial charge in [0.15, 0.2) is 0 Å². The number of aryl methyl sites for hydroxylation is 2. The van der Waals surface area contributed by atoms with Gasteiger partial charge in [-0.3, -0.25) is 9.59 Å². The molecule has 0 spiro atoms. The van der Waals surface area contributed by atoms with Crippen molar-refractivity contribution in [3.05, 3.63) is 17.0 Å². The zero-order valence-electron chi connectivity index (χ0n) is 11.6. The highest BCUT2D eigenvalue weighted by atomic mass is 16.5. The lowest BCUT2D eigenvalue weighted by atomic mass is 10.1. The van der Waals surface area contributed by atoms with E-state index < -0.39 is 12.0 Å². The van der Waals surface area contributed by atoms with Gasteiger partial charge in [0.25, 0.3) is 0 Å². The normalized spacial score (nSPS) is 19.1. The van der Waals surface area contributed by atoms with E-state index in [4.69, 9.17) is 14.4 Å². The molecule has 7 nitrogen and oxygen atoms in total. The Morgan fingerprint density at radius 3 is 2.80 bits per heavy atom. The van der Waals surface area contributed by atoms with Crippen molar-refractivity contribution >= 4 is 11.9 Å². The quantitative estimate of drug-likeness (QED) is 0.866. The van der Waals surface area contributed by atoms with Crippen LogP contribution < -0.4 is 0 Å². The van der Waals surface area contributed by atoms with Gasteiger partial charge in [0.05, 0.1) is 37.8 Å². The Hall–Kier alpha value is -1.89. The Kier molecular flexibility index (Phi) is 4.39. The number of morpholine rings is 1. The van der Waals surface area contributed by atoms with Crippen LogP contribution in [0.2, 0.25) is 0 Å². The number of ether oxygens (including phenoxy) is 1. The maximum absolute atomic E-state index is 12.4. The van der Waals surface area contributed by atoms with E-state index in [1.165, 1.54) is 0 Å². The highest BCUT2D eigenvalue weighted by molar-refractivity contribution is 5.80. The summed E-state index contributed by atoms with van der Waals surface area (Å²) in [5, 5.41) is 12.7. The highest BCUT2D eigenvalue weighted by Crippen LogP contribution is 2.17. The molecule has 1 atom stereocenters. The van der Waals surface area contributed by atoms with Crippen LogP contribution in [0.4, 0.5) is 0 Å². The largest absolute Gasteiger partial charge is 0.481 e. The molecule has 2 heterocycles. The molecule has 0 radical (unpaired) electrons. The van der Waals surface area contributed by atoms with Gasteiger partial charge in [-0.25, -0.2) is 0 Å². The lowest BCUT2D eigenvalue weighted by molar-refractivity contribution is -0.145. The van der Waals surface area contributed by atoms with E-state index in [1.54, 1.807) is 18.7 Å². The second-order valence-corrected chi connectivity index (χ2v) is 4.89. The number of aromatic nitrogens is 1. The number of aliphatic carboxylic acids is 1. The molecule has 0 aromatic carbocycles. The van der Waals surface area contributed by atoms with Crippen molar-refractivity contribution in [2.75, 3.05) is 19.8 Å². The Labute approximate surface area is 116 Å². The Balaban J connectivity index is 2.08. The summed E-state index contributed by atoms with van der Waals surface area (Å²) in [6.45, 7) is 4.66. The zero-order chi connectivity index (χ0) is 14.7. The smallest absolute Gasteiger partial charge is 0.305 e. The van der Waals surface area contributed by atoms with E-state index in [-0.39, 0.29) is 25.4 Å². The summed E-state index contributed by atoms with van der Waals surface area (Å²) < 4.78 is 10.3. The maximum Gasteiger partial charge on any atom is 0.305 e. The van der Waals surface area contributed by atoms with Gasteiger partial charge in [-0.15, -0.1) is 0 Å². The number of hydrogen-bond donors (Lipinski definition) is 1. The summed E-state index contributed by atoms with van der Waals surface area (Å²) in [7, 11) is 0. The summed E-state index contributed by atoms with van der Waals surface area (Å²) >= 11 is 0. The second kappa shape index (κ2) is 6.04. The van der Waals surface area contributed by atoms with Crippen LogP contribution in [0.15, 0.2) is 4.52 Å². The molecular weight excluding hydrogens is 264 g/mol. The third-order valence-corrected chi connectivity index (χ3v) is 3.47. The average molecular weight is 282 g/mol. The number of hydrogen-bond acceptors (Lipinski definition) is 5. The SMILES string of the molecule is Cc1noc(C)c1CC(=O)N1CCOCC1CC(=O)O. The predicted octanol–water partition coefficient (Wildman–Crippen LogP) is 0.536. The first-order valence-electron chi connectivity index (χ1n) is 6.49. The van der Waals surface area contributed by atoms with E-state index in [1.807, 2.05) is 0 Å². The molecule has 1 saturated heterocycles. The molecule has 1 aromatic rings. The average Bonchev–Trinajstić information content (AvgIpc) is 2.70. The molecule has 1 N–H and O–H groups in total. The number of carboxylic acid groups (broad SMARTS) is 1. The van der Waals surface area contributed by atoms with E-state index >= 15 is 0 Å². The van der Waals surface area contributed by atoms with Gasteiger partial charge in [-0.1, -0.05) is 5.16 Å². The summed E-state index contributed by atoms with van der Waals surface area (Å²) in [5.41, 5.74) is 1.47. The first-order valence-corrected chi connectivity index (χ1v) is 6.49. The van der Waals surface area contributed by atoms with Gasteiger partial charge in [-0.05, 0) is 13.8 Å². The topological polar surface area (TPSA) is 92.9 Å². The van der Waals surface area contributed by atoms with Gasteiger partial charge in [0.2, 0.25) is 5.91 Å². The molecule has 20 heavy (non-hydrogen) atoms.